The van der Waals surface area contributed by atoms with Gasteiger partial charge in [0.05, 0.1) is 26.4 Å². The monoisotopic (exact) mass is 1490 g/mol. The molecule has 0 aliphatic rings. The van der Waals surface area contributed by atoms with Gasteiger partial charge in [-0.1, -0.05) is 388 Å². The molecule has 0 aromatic carbocycles. The molecule has 0 rings (SSSR count). The highest BCUT2D eigenvalue weighted by atomic mass is 31.2. The molecule has 0 aromatic rings. The van der Waals surface area contributed by atoms with Crippen molar-refractivity contribution in [3.63, 3.8) is 0 Å². The maximum atomic E-state index is 13.1. The number of rotatable bonds is 82. The number of carbonyl (C=O) groups is 4. The lowest BCUT2D eigenvalue weighted by Gasteiger charge is -2.21. The number of unbranched alkanes of at least 4 members (excludes halogenated alkanes) is 52. The Bertz CT molecular complexity index is 1960. The van der Waals surface area contributed by atoms with E-state index in [1.165, 1.54) is 257 Å². The summed E-state index contributed by atoms with van der Waals surface area (Å²) in [5.74, 6) is -0.489. The van der Waals surface area contributed by atoms with Crippen LogP contribution in [0.3, 0.4) is 0 Å². The van der Waals surface area contributed by atoms with Crippen molar-refractivity contribution in [2.24, 2.45) is 11.8 Å². The first-order valence-electron chi connectivity index (χ1n) is 43.0. The van der Waals surface area contributed by atoms with Crippen LogP contribution in [0.5, 0.6) is 0 Å². The summed E-state index contributed by atoms with van der Waals surface area (Å²) in [6.45, 7) is 9.71. The number of esters is 4. The van der Waals surface area contributed by atoms with E-state index in [2.05, 4.69) is 41.5 Å². The lowest BCUT2D eigenvalue weighted by molar-refractivity contribution is -0.161. The van der Waals surface area contributed by atoms with E-state index in [9.17, 15) is 43.2 Å². The third-order valence-corrected chi connectivity index (χ3v) is 21.4. The van der Waals surface area contributed by atoms with Crippen LogP contribution in [0.4, 0.5) is 0 Å². The van der Waals surface area contributed by atoms with Gasteiger partial charge in [0.1, 0.15) is 19.3 Å². The minimum atomic E-state index is -4.96. The fourth-order valence-corrected chi connectivity index (χ4v) is 14.5. The highest BCUT2D eigenvalue weighted by molar-refractivity contribution is 7.47. The van der Waals surface area contributed by atoms with Crippen LogP contribution in [0, 0.1) is 11.8 Å². The zero-order chi connectivity index (χ0) is 74.9. The van der Waals surface area contributed by atoms with Crippen molar-refractivity contribution in [1.29, 1.82) is 0 Å². The molecule has 17 nitrogen and oxygen atoms in total. The first kappa shape index (κ1) is 100. The maximum Gasteiger partial charge on any atom is 0.472 e. The first-order valence-corrected chi connectivity index (χ1v) is 46.0. The van der Waals surface area contributed by atoms with E-state index >= 15 is 0 Å². The summed E-state index contributed by atoms with van der Waals surface area (Å²) in [6, 6.07) is 0. The number of phosphoric acid groups is 2. The van der Waals surface area contributed by atoms with E-state index in [-0.39, 0.29) is 25.7 Å². The van der Waals surface area contributed by atoms with Crippen LogP contribution >= 0.6 is 15.6 Å². The van der Waals surface area contributed by atoms with E-state index in [1.807, 2.05) is 0 Å². The molecule has 0 heterocycles. The van der Waals surface area contributed by atoms with Crippen molar-refractivity contribution in [2.45, 2.75) is 458 Å². The van der Waals surface area contributed by atoms with Gasteiger partial charge >= 0.3 is 39.5 Å². The Balaban J connectivity index is 5.23. The van der Waals surface area contributed by atoms with Crippen LogP contribution in [0.2, 0.25) is 0 Å². The topological polar surface area (TPSA) is 237 Å². The SMILES string of the molecule is CCCCCCCCCCCCCCCCCC(=O)O[C@H](COC(=O)CCCCCCCCCCCC)COP(=O)(O)OC[C@H](O)COP(=O)(O)OC[C@@H](COC(=O)CCCCCCCCCCCCCCCCCC(C)C)OC(=O)CCCCCCCCCCCCCCCCCCC(C)C. The summed E-state index contributed by atoms with van der Waals surface area (Å²) in [5, 5.41) is 10.7. The lowest BCUT2D eigenvalue weighted by Crippen LogP contribution is -2.30. The molecule has 19 heteroatoms. The molecular weight excluding hydrogens is 1330 g/mol. The third kappa shape index (κ3) is 76.3. The van der Waals surface area contributed by atoms with Crippen molar-refractivity contribution in [3.05, 3.63) is 0 Å². The minimum absolute atomic E-state index is 0.108. The molecular formula is C83H162O17P2. The average molecular weight is 1490 g/mol. The Labute approximate surface area is 626 Å². The Morgan fingerprint density at radius 3 is 0.667 bits per heavy atom. The Hall–Kier alpha value is -1.94. The zero-order valence-corrected chi connectivity index (χ0v) is 68.7. The summed E-state index contributed by atoms with van der Waals surface area (Å²) >= 11 is 0. The number of carbonyl (C=O) groups excluding carboxylic acids is 4. The smallest absolute Gasteiger partial charge is 0.462 e. The van der Waals surface area contributed by atoms with E-state index < -0.39 is 97.5 Å². The normalized spacial score (nSPS) is 13.9. The van der Waals surface area contributed by atoms with Gasteiger partial charge in [-0.3, -0.25) is 37.3 Å². The third-order valence-electron chi connectivity index (χ3n) is 19.5. The molecule has 0 aromatic heterocycles. The summed E-state index contributed by atoms with van der Waals surface area (Å²) in [7, 11) is -9.92. The van der Waals surface area contributed by atoms with Gasteiger partial charge in [0.2, 0.25) is 0 Å². The second-order valence-corrected chi connectivity index (χ2v) is 33.7. The van der Waals surface area contributed by atoms with Gasteiger partial charge in [0.15, 0.2) is 12.2 Å². The van der Waals surface area contributed by atoms with Crippen molar-refractivity contribution in [2.75, 3.05) is 39.6 Å². The average Bonchev–Trinajstić information content (AvgIpc) is 0.912. The molecule has 0 fully saturated rings. The lowest BCUT2D eigenvalue weighted by atomic mass is 10.0. The number of aliphatic hydroxyl groups is 1. The van der Waals surface area contributed by atoms with Gasteiger partial charge in [0.25, 0.3) is 0 Å². The van der Waals surface area contributed by atoms with Crippen molar-refractivity contribution < 1.29 is 80.2 Å². The number of ether oxygens (including phenoxy) is 4. The number of hydrogen-bond donors (Lipinski definition) is 3. The van der Waals surface area contributed by atoms with Gasteiger partial charge in [0, 0.05) is 25.7 Å². The van der Waals surface area contributed by atoms with E-state index in [0.717, 1.165) is 102 Å². The van der Waals surface area contributed by atoms with Gasteiger partial charge < -0.3 is 33.8 Å². The summed E-state index contributed by atoms with van der Waals surface area (Å²) < 4.78 is 68.8. The molecule has 606 valence electrons. The quantitative estimate of drug-likeness (QED) is 0.0222. The predicted octanol–water partition coefficient (Wildman–Crippen LogP) is 25.1. The molecule has 0 radical (unpaired) electrons. The molecule has 0 saturated carbocycles. The fraction of sp³-hybridized carbons (Fsp3) is 0.952. The van der Waals surface area contributed by atoms with E-state index in [1.54, 1.807) is 0 Å². The standard InChI is InChI=1S/C83H162O17P2/c1-7-9-11-13-15-17-19-20-24-32-37-43-49-55-61-67-82(87)99-78(71-93-80(85)65-59-53-47-41-18-16-14-12-10-8-2)73-97-101(89,90)95-69-77(84)70-96-102(91,92)98-74-79(72-94-81(86)66-60-54-48-42-36-31-28-23-26-30-35-40-46-52-58-64-76(5)6)100-83(88)68-62-56-50-44-38-33-27-22-21-25-29-34-39-45-51-57-63-75(3)4/h75-79,84H,7-74H2,1-6H3,(H,89,90)(H,91,92)/t77-,78+,79+/m0/s1. The number of hydrogen-bond acceptors (Lipinski definition) is 15. The second kappa shape index (κ2) is 74.5. The zero-order valence-electron chi connectivity index (χ0n) is 66.9. The molecule has 102 heavy (non-hydrogen) atoms. The van der Waals surface area contributed by atoms with Gasteiger partial charge in [-0.2, -0.15) is 0 Å². The van der Waals surface area contributed by atoms with Crippen LogP contribution in [0.1, 0.15) is 440 Å². The van der Waals surface area contributed by atoms with Crippen LogP contribution in [-0.2, 0) is 65.4 Å². The molecule has 0 spiro atoms. The first-order chi connectivity index (χ1) is 49.4. The molecule has 5 atom stereocenters. The summed E-state index contributed by atoms with van der Waals surface area (Å²) in [5.41, 5.74) is 0. The van der Waals surface area contributed by atoms with E-state index in [0.29, 0.717) is 25.7 Å². The Morgan fingerprint density at radius 1 is 0.265 bits per heavy atom. The molecule has 3 N–H and O–H groups in total. The molecule has 0 bridgehead atoms. The van der Waals surface area contributed by atoms with Crippen LogP contribution < -0.4 is 0 Å². The molecule has 0 amide bonds. The molecule has 2 unspecified atom stereocenters. The Morgan fingerprint density at radius 2 is 0.451 bits per heavy atom. The highest BCUT2D eigenvalue weighted by Gasteiger charge is 2.30. The van der Waals surface area contributed by atoms with Crippen LogP contribution in [0.15, 0.2) is 0 Å². The second-order valence-electron chi connectivity index (χ2n) is 30.8. The van der Waals surface area contributed by atoms with Crippen molar-refractivity contribution in [3.8, 4) is 0 Å². The fourth-order valence-electron chi connectivity index (χ4n) is 12.9. The van der Waals surface area contributed by atoms with Gasteiger partial charge in [-0.25, -0.2) is 9.13 Å². The summed E-state index contributed by atoms with van der Waals surface area (Å²) in [6.07, 6.45) is 65.1. The van der Waals surface area contributed by atoms with Gasteiger partial charge in [-0.05, 0) is 37.5 Å². The predicted molar refractivity (Wildman–Crippen MR) is 418 cm³/mol. The number of phosphoric ester groups is 2. The molecule has 0 saturated heterocycles. The van der Waals surface area contributed by atoms with Crippen LogP contribution in [-0.4, -0.2) is 96.7 Å². The molecule has 0 aliphatic heterocycles. The van der Waals surface area contributed by atoms with Crippen molar-refractivity contribution >= 4 is 39.5 Å². The van der Waals surface area contributed by atoms with Crippen molar-refractivity contribution in [1.82, 2.24) is 0 Å². The van der Waals surface area contributed by atoms with Gasteiger partial charge in [-0.15, -0.1) is 0 Å². The van der Waals surface area contributed by atoms with E-state index in [4.69, 9.17) is 37.0 Å². The Kier molecular flexibility index (Phi) is 73.1. The number of aliphatic hydroxyl groups excluding tert-OH is 1. The minimum Gasteiger partial charge on any atom is -0.462 e. The molecule has 0 aliphatic carbocycles. The van der Waals surface area contributed by atoms with Crippen LogP contribution in [0.25, 0.3) is 0 Å². The maximum absolute atomic E-state index is 13.1. The highest BCUT2D eigenvalue weighted by Crippen LogP contribution is 2.45. The largest absolute Gasteiger partial charge is 0.472 e. The summed E-state index contributed by atoms with van der Waals surface area (Å²) in [4.78, 5) is 73.1.